The monoisotopic (exact) mass is 249 g/mol. The lowest BCUT2D eigenvalue weighted by atomic mass is 9.83. The average molecular weight is 249 g/mol. The summed E-state index contributed by atoms with van der Waals surface area (Å²) in [4.78, 5) is 8.37. The number of hydrogen-bond donors (Lipinski definition) is 1. The summed E-state index contributed by atoms with van der Waals surface area (Å²) in [5.41, 5.74) is 0. The number of aromatic nitrogens is 2. The van der Waals surface area contributed by atoms with Crippen LogP contribution >= 0.6 is 0 Å². The zero-order valence-electron chi connectivity index (χ0n) is 11.4. The zero-order valence-corrected chi connectivity index (χ0v) is 11.4. The fourth-order valence-corrected chi connectivity index (χ4v) is 2.72. The summed E-state index contributed by atoms with van der Waals surface area (Å²) >= 11 is 0. The van der Waals surface area contributed by atoms with Crippen LogP contribution in [-0.4, -0.2) is 22.6 Å². The number of nitrogens with one attached hydrogen (secondary N) is 1. The van der Waals surface area contributed by atoms with Gasteiger partial charge >= 0.3 is 0 Å². The third-order valence-corrected chi connectivity index (χ3v) is 3.70. The van der Waals surface area contributed by atoms with E-state index in [0.717, 1.165) is 11.7 Å². The van der Waals surface area contributed by atoms with Gasteiger partial charge in [0.15, 0.2) is 0 Å². The lowest BCUT2D eigenvalue weighted by Gasteiger charge is -2.31. The molecule has 18 heavy (non-hydrogen) atoms. The predicted molar refractivity (Wildman–Crippen MR) is 72.9 cm³/mol. The van der Waals surface area contributed by atoms with Crippen molar-refractivity contribution in [3.8, 4) is 5.88 Å². The van der Waals surface area contributed by atoms with Gasteiger partial charge in [-0.15, -0.1) is 0 Å². The summed E-state index contributed by atoms with van der Waals surface area (Å²) in [6.45, 7) is 4.87. The van der Waals surface area contributed by atoms with Crippen molar-refractivity contribution in [3.05, 3.63) is 12.4 Å². The normalized spacial score (nSPS) is 23.7. The van der Waals surface area contributed by atoms with Gasteiger partial charge in [0.1, 0.15) is 12.1 Å². The molecule has 1 aromatic rings. The third kappa shape index (κ3) is 3.34. The molecule has 100 valence electrons. The van der Waals surface area contributed by atoms with Gasteiger partial charge in [-0.05, 0) is 25.7 Å². The molecule has 0 aliphatic heterocycles. The lowest BCUT2D eigenvalue weighted by Crippen LogP contribution is -2.32. The molecule has 1 heterocycles. The molecule has 0 bridgehead atoms. The number of rotatable bonds is 5. The summed E-state index contributed by atoms with van der Waals surface area (Å²) in [7, 11) is 0. The fourth-order valence-electron chi connectivity index (χ4n) is 2.72. The first-order valence-electron chi connectivity index (χ1n) is 7.04. The first-order valence-corrected chi connectivity index (χ1v) is 7.04. The van der Waals surface area contributed by atoms with Gasteiger partial charge in [-0.3, -0.25) is 0 Å². The van der Waals surface area contributed by atoms with Crippen molar-refractivity contribution in [1.82, 2.24) is 9.97 Å². The van der Waals surface area contributed by atoms with Gasteiger partial charge in [-0.2, -0.15) is 0 Å². The van der Waals surface area contributed by atoms with E-state index in [2.05, 4.69) is 22.2 Å². The molecule has 2 atom stereocenters. The first-order chi connectivity index (χ1) is 8.83. The smallest absolute Gasteiger partial charge is 0.218 e. The molecule has 0 radical (unpaired) electrons. The standard InChI is InChI=1S/C14H23N3O/c1-3-11-7-5-6-8-12(11)17-13-9-14(18-4-2)16-10-15-13/h9-12H,3-8H2,1-2H3,(H,15,16,17). The van der Waals surface area contributed by atoms with Gasteiger partial charge in [-0.1, -0.05) is 26.2 Å². The highest BCUT2D eigenvalue weighted by molar-refractivity contribution is 5.38. The van der Waals surface area contributed by atoms with Crippen molar-refractivity contribution in [1.29, 1.82) is 0 Å². The van der Waals surface area contributed by atoms with Crippen LogP contribution in [-0.2, 0) is 0 Å². The van der Waals surface area contributed by atoms with Crippen molar-refractivity contribution < 1.29 is 4.74 Å². The second-order valence-corrected chi connectivity index (χ2v) is 4.88. The van der Waals surface area contributed by atoms with E-state index in [1.165, 1.54) is 32.1 Å². The Kier molecular flexibility index (Phi) is 4.79. The average Bonchev–Trinajstić information content (AvgIpc) is 2.40. The Labute approximate surface area is 109 Å². The summed E-state index contributed by atoms with van der Waals surface area (Å²) in [5.74, 6) is 2.31. The Morgan fingerprint density at radius 3 is 2.89 bits per heavy atom. The van der Waals surface area contributed by atoms with Crippen LogP contribution in [0, 0.1) is 5.92 Å². The van der Waals surface area contributed by atoms with Crippen molar-refractivity contribution in [2.45, 2.75) is 52.0 Å². The Hall–Kier alpha value is -1.32. The van der Waals surface area contributed by atoms with Gasteiger partial charge in [0.25, 0.3) is 0 Å². The van der Waals surface area contributed by atoms with Crippen LogP contribution in [0.25, 0.3) is 0 Å². The molecule has 1 N–H and O–H groups in total. The SMILES string of the molecule is CCOc1cc(NC2CCCCC2CC)ncn1. The molecule has 1 aliphatic rings. The molecule has 0 saturated heterocycles. The van der Waals surface area contributed by atoms with Crippen molar-refractivity contribution in [2.24, 2.45) is 5.92 Å². The van der Waals surface area contributed by atoms with E-state index in [4.69, 9.17) is 4.74 Å². The molecule has 1 aliphatic carbocycles. The molecular formula is C14H23N3O. The van der Waals surface area contributed by atoms with Gasteiger partial charge in [-0.25, -0.2) is 9.97 Å². The van der Waals surface area contributed by atoms with Crippen LogP contribution < -0.4 is 10.1 Å². The van der Waals surface area contributed by atoms with Crippen LogP contribution in [0.2, 0.25) is 0 Å². The highest BCUT2D eigenvalue weighted by atomic mass is 16.5. The molecule has 2 rings (SSSR count). The lowest BCUT2D eigenvalue weighted by molar-refractivity contribution is 0.315. The zero-order chi connectivity index (χ0) is 12.8. The minimum absolute atomic E-state index is 0.549. The molecule has 0 spiro atoms. The number of anilines is 1. The summed E-state index contributed by atoms with van der Waals surface area (Å²) in [5, 5.41) is 3.55. The highest BCUT2D eigenvalue weighted by Gasteiger charge is 2.23. The van der Waals surface area contributed by atoms with Crippen LogP contribution in [0.15, 0.2) is 12.4 Å². The second kappa shape index (κ2) is 6.57. The third-order valence-electron chi connectivity index (χ3n) is 3.70. The van der Waals surface area contributed by atoms with E-state index in [9.17, 15) is 0 Å². The van der Waals surface area contributed by atoms with Crippen molar-refractivity contribution >= 4 is 5.82 Å². The van der Waals surface area contributed by atoms with Crippen LogP contribution in [0.1, 0.15) is 46.0 Å². The quantitative estimate of drug-likeness (QED) is 0.870. The van der Waals surface area contributed by atoms with Gasteiger partial charge in [0, 0.05) is 12.1 Å². The maximum atomic E-state index is 5.40. The van der Waals surface area contributed by atoms with Gasteiger partial charge in [0.2, 0.25) is 5.88 Å². The van der Waals surface area contributed by atoms with E-state index in [1.807, 2.05) is 13.0 Å². The fraction of sp³-hybridized carbons (Fsp3) is 0.714. The molecule has 0 amide bonds. The summed E-state index contributed by atoms with van der Waals surface area (Å²) in [6, 6.07) is 2.44. The molecular weight excluding hydrogens is 226 g/mol. The minimum Gasteiger partial charge on any atom is -0.478 e. The van der Waals surface area contributed by atoms with E-state index >= 15 is 0 Å². The Balaban J connectivity index is 2.00. The van der Waals surface area contributed by atoms with Crippen LogP contribution in [0.5, 0.6) is 5.88 Å². The highest BCUT2D eigenvalue weighted by Crippen LogP contribution is 2.29. The van der Waals surface area contributed by atoms with Crippen LogP contribution in [0.4, 0.5) is 5.82 Å². The van der Waals surface area contributed by atoms with E-state index in [-0.39, 0.29) is 0 Å². The molecule has 4 heteroatoms. The summed E-state index contributed by atoms with van der Waals surface area (Å²) < 4.78 is 5.40. The van der Waals surface area contributed by atoms with Gasteiger partial charge < -0.3 is 10.1 Å². The first kappa shape index (κ1) is 13.1. The van der Waals surface area contributed by atoms with E-state index in [1.54, 1.807) is 6.33 Å². The topological polar surface area (TPSA) is 47.0 Å². The van der Waals surface area contributed by atoms with Crippen LogP contribution in [0.3, 0.4) is 0 Å². The Bertz CT molecular complexity index is 370. The number of ether oxygens (including phenoxy) is 1. The second-order valence-electron chi connectivity index (χ2n) is 4.88. The van der Waals surface area contributed by atoms with E-state index < -0.39 is 0 Å². The van der Waals surface area contributed by atoms with Crippen molar-refractivity contribution in [3.63, 3.8) is 0 Å². The number of nitrogens with zero attached hydrogens (tertiary/aromatic N) is 2. The minimum atomic E-state index is 0.549. The maximum Gasteiger partial charge on any atom is 0.218 e. The molecule has 1 fully saturated rings. The molecule has 0 aromatic carbocycles. The van der Waals surface area contributed by atoms with Crippen molar-refractivity contribution in [2.75, 3.05) is 11.9 Å². The predicted octanol–water partition coefficient (Wildman–Crippen LogP) is 3.26. The number of hydrogen-bond acceptors (Lipinski definition) is 4. The largest absolute Gasteiger partial charge is 0.478 e. The van der Waals surface area contributed by atoms with Gasteiger partial charge in [0.05, 0.1) is 6.61 Å². The Morgan fingerprint density at radius 1 is 1.28 bits per heavy atom. The van der Waals surface area contributed by atoms with E-state index in [0.29, 0.717) is 18.5 Å². The molecule has 1 saturated carbocycles. The summed E-state index contributed by atoms with van der Waals surface area (Å²) in [6.07, 6.45) is 8.06. The molecule has 1 aromatic heterocycles. The molecule has 2 unspecified atom stereocenters. The maximum absolute atomic E-state index is 5.40. The molecule has 4 nitrogen and oxygen atoms in total. The Morgan fingerprint density at radius 2 is 2.11 bits per heavy atom.